The number of hydrogen-bond acceptors (Lipinski definition) is 3. The van der Waals surface area contributed by atoms with Gasteiger partial charge in [0.2, 0.25) is 0 Å². The molecule has 1 aromatic rings. The third-order valence-electron chi connectivity index (χ3n) is 2.61. The van der Waals surface area contributed by atoms with Crippen molar-refractivity contribution in [2.45, 2.75) is 12.5 Å². The van der Waals surface area contributed by atoms with E-state index in [9.17, 15) is 0 Å². The third-order valence-corrected chi connectivity index (χ3v) is 2.61. The Morgan fingerprint density at radius 3 is 2.83 bits per heavy atom. The van der Waals surface area contributed by atoms with Gasteiger partial charge in [0.1, 0.15) is 11.9 Å². The quantitative estimate of drug-likeness (QED) is 0.602. The van der Waals surface area contributed by atoms with Crippen LogP contribution in [0.1, 0.15) is 12.0 Å². The van der Waals surface area contributed by atoms with Gasteiger partial charge in [-0.3, -0.25) is 0 Å². The van der Waals surface area contributed by atoms with E-state index in [1.807, 2.05) is 30.3 Å². The van der Waals surface area contributed by atoms with Crippen molar-refractivity contribution >= 4 is 6.08 Å². The summed E-state index contributed by atoms with van der Waals surface area (Å²) in [6, 6.07) is 9.16. The SMILES string of the molecule is [C-]#[N+]C(C#N)=Cc1ccc(OC2CCOC2)cc1. The summed E-state index contributed by atoms with van der Waals surface area (Å²) in [5, 5.41) is 8.66. The molecule has 4 nitrogen and oxygen atoms in total. The summed E-state index contributed by atoms with van der Waals surface area (Å²) < 4.78 is 10.9. The number of nitriles is 1. The molecule has 1 aromatic carbocycles. The van der Waals surface area contributed by atoms with Gasteiger partial charge in [0, 0.05) is 6.42 Å². The molecule has 0 spiro atoms. The average Bonchev–Trinajstić information content (AvgIpc) is 2.91. The molecule has 0 bridgehead atoms. The van der Waals surface area contributed by atoms with Crippen molar-refractivity contribution < 1.29 is 9.47 Å². The summed E-state index contributed by atoms with van der Waals surface area (Å²) in [5.74, 6) is 0.781. The topological polar surface area (TPSA) is 46.6 Å². The molecule has 0 aromatic heterocycles. The minimum Gasteiger partial charge on any atom is -0.488 e. The molecule has 90 valence electrons. The van der Waals surface area contributed by atoms with E-state index in [0.29, 0.717) is 6.61 Å². The molecule has 18 heavy (non-hydrogen) atoms. The Morgan fingerprint density at radius 1 is 1.50 bits per heavy atom. The van der Waals surface area contributed by atoms with E-state index in [0.717, 1.165) is 24.3 Å². The largest absolute Gasteiger partial charge is 0.488 e. The maximum Gasteiger partial charge on any atom is 0.262 e. The van der Waals surface area contributed by atoms with Gasteiger partial charge < -0.3 is 9.47 Å². The van der Waals surface area contributed by atoms with E-state index >= 15 is 0 Å². The molecule has 1 unspecified atom stereocenters. The average molecular weight is 240 g/mol. The van der Waals surface area contributed by atoms with Crippen LogP contribution in [0.25, 0.3) is 10.9 Å². The van der Waals surface area contributed by atoms with Crippen LogP contribution in [0.3, 0.4) is 0 Å². The Morgan fingerprint density at radius 2 is 2.28 bits per heavy atom. The van der Waals surface area contributed by atoms with E-state index in [-0.39, 0.29) is 11.8 Å². The molecule has 1 saturated heterocycles. The standard InChI is InChI=1S/C14H12N2O2/c1-16-12(9-15)8-11-2-4-13(5-3-11)18-14-6-7-17-10-14/h2-5,8,14H,6-7,10H2. The number of ether oxygens (including phenoxy) is 2. The van der Waals surface area contributed by atoms with Crippen molar-refractivity contribution in [2.75, 3.05) is 13.2 Å². The third kappa shape index (κ3) is 3.10. The van der Waals surface area contributed by atoms with Gasteiger partial charge in [-0.25, -0.2) is 10.1 Å². The van der Waals surface area contributed by atoms with Crippen LogP contribution >= 0.6 is 0 Å². The Kier molecular flexibility index (Phi) is 3.96. The normalized spacial score (nSPS) is 19.0. The van der Waals surface area contributed by atoms with Crippen LogP contribution in [0.2, 0.25) is 0 Å². The fraction of sp³-hybridized carbons (Fsp3) is 0.286. The molecule has 0 radical (unpaired) electrons. The maximum atomic E-state index is 8.66. The van der Waals surface area contributed by atoms with Crippen molar-refractivity contribution in [2.24, 2.45) is 0 Å². The number of hydrogen-bond donors (Lipinski definition) is 0. The summed E-state index contributed by atoms with van der Waals surface area (Å²) in [4.78, 5) is 3.11. The van der Waals surface area contributed by atoms with Gasteiger partial charge >= 0.3 is 0 Å². The van der Waals surface area contributed by atoms with Crippen molar-refractivity contribution in [1.29, 1.82) is 5.26 Å². The lowest BCUT2D eigenvalue weighted by molar-refractivity contribution is 0.141. The number of nitrogens with zero attached hydrogens (tertiary/aromatic N) is 2. The van der Waals surface area contributed by atoms with Gasteiger partial charge in [-0.2, -0.15) is 0 Å². The zero-order valence-electron chi connectivity index (χ0n) is 9.80. The molecule has 2 rings (SSSR count). The van der Waals surface area contributed by atoms with E-state index in [1.54, 1.807) is 6.08 Å². The molecular weight excluding hydrogens is 228 g/mol. The highest BCUT2D eigenvalue weighted by atomic mass is 16.5. The fourth-order valence-electron chi connectivity index (χ4n) is 1.69. The van der Waals surface area contributed by atoms with E-state index < -0.39 is 0 Å². The molecule has 1 fully saturated rings. The lowest BCUT2D eigenvalue weighted by Gasteiger charge is -2.11. The van der Waals surface area contributed by atoms with Crippen molar-refractivity contribution in [3.8, 4) is 11.8 Å². The molecular formula is C14H12N2O2. The predicted octanol–water partition coefficient (Wildman–Crippen LogP) is 2.64. The monoisotopic (exact) mass is 240 g/mol. The predicted molar refractivity (Wildman–Crippen MR) is 66.5 cm³/mol. The van der Waals surface area contributed by atoms with Crippen LogP contribution in [0.15, 0.2) is 30.0 Å². The van der Waals surface area contributed by atoms with E-state index in [1.165, 1.54) is 0 Å². The lowest BCUT2D eigenvalue weighted by Crippen LogP contribution is -2.15. The van der Waals surface area contributed by atoms with Crippen LogP contribution in [-0.4, -0.2) is 19.3 Å². The highest BCUT2D eigenvalue weighted by molar-refractivity contribution is 5.59. The molecule has 0 amide bonds. The number of rotatable bonds is 3. The van der Waals surface area contributed by atoms with Gasteiger partial charge in [-0.15, -0.1) is 0 Å². The van der Waals surface area contributed by atoms with Gasteiger partial charge in [0.05, 0.1) is 25.9 Å². The summed E-state index contributed by atoms with van der Waals surface area (Å²) in [6.07, 6.45) is 2.59. The molecule has 1 aliphatic rings. The Balaban J connectivity index is 2.04. The van der Waals surface area contributed by atoms with Crippen LogP contribution in [0.5, 0.6) is 5.75 Å². The first kappa shape index (κ1) is 12.2. The molecule has 4 heteroatoms. The molecule has 1 aliphatic heterocycles. The first-order chi connectivity index (χ1) is 8.81. The second kappa shape index (κ2) is 5.86. The fourth-order valence-corrected chi connectivity index (χ4v) is 1.69. The lowest BCUT2D eigenvalue weighted by atomic mass is 10.2. The van der Waals surface area contributed by atoms with Crippen LogP contribution < -0.4 is 4.74 Å². The van der Waals surface area contributed by atoms with Gasteiger partial charge in [0.15, 0.2) is 0 Å². The maximum absolute atomic E-state index is 8.66. The Hall–Kier alpha value is -2.30. The molecule has 1 atom stereocenters. The summed E-state index contributed by atoms with van der Waals surface area (Å²) >= 11 is 0. The highest BCUT2D eigenvalue weighted by Gasteiger charge is 2.16. The van der Waals surface area contributed by atoms with Crippen LogP contribution in [0, 0.1) is 17.9 Å². The summed E-state index contributed by atoms with van der Waals surface area (Å²) in [6.45, 7) is 8.19. The Labute approximate surface area is 106 Å². The summed E-state index contributed by atoms with van der Waals surface area (Å²) in [5.41, 5.74) is 0.894. The molecule has 0 aliphatic carbocycles. The number of benzene rings is 1. The molecule has 0 saturated carbocycles. The highest BCUT2D eigenvalue weighted by Crippen LogP contribution is 2.18. The molecule has 0 N–H and O–H groups in total. The minimum absolute atomic E-state index is 0.0767. The van der Waals surface area contributed by atoms with Crippen molar-refractivity contribution in [1.82, 2.24) is 0 Å². The smallest absolute Gasteiger partial charge is 0.262 e. The van der Waals surface area contributed by atoms with Crippen molar-refractivity contribution in [3.63, 3.8) is 0 Å². The Bertz CT molecular complexity index is 498. The van der Waals surface area contributed by atoms with Crippen molar-refractivity contribution in [3.05, 3.63) is 46.9 Å². The second-order valence-corrected chi connectivity index (χ2v) is 3.93. The number of allylic oxidation sites excluding steroid dienone is 1. The van der Waals surface area contributed by atoms with Gasteiger partial charge in [0.25, 0.3) is 5.70 Å². The van der Waals surface area contributed by atoms with Gasteiger partial charge in [-0.05, 0) is 23.8 Å². The molecule has 1 heterocycles. The van der Waals surface area contributed by atoms with Gasteiger partial charge in [-0.1, -0.05) is 12.1 Å². The second-order valence-electron chi connectivity index (χ2n) is 3.93. The van der Waals surface area contributed by atoms with E-state index in [2.05, 4.69) is 4.85 Å². The summed E-state index contributed by atoms with van der Waals surface area (Å²) in [7, 11) is 0. The van der Waals surface area contributed by atoms with E-state index in [4.69, 9.17) is 21.3 Å². The van der Waals surface area contributed by atoms with Crippen LogP contribution in [0.4, 0.5) is 0 Å². The van der Waals surface area contributed by atoms with Crippen LogP contribution in [-0.2, 0) is 4.74 Å². The zero-order valence-corrected chi connectivity index (χ0v) is 9.80. The zero-order chi connectivity index (χ0) is 12.8. The first-order valence-corrected chi connectivity index (χ1v) is 5.65. The first-order valence-electron chi connectivity index (χ1n) is 5.65. The minimum atomic E-state index is 0.0767.